The molecule has 0 bridgehead atoms. The molecule has 2 amide bonds. The highest BCUT2D eigenvalue weighted by atomic mass is 79.9. The molecule has 5 aromatic carbocycles. The minimum absolute atomic E-state index is 0.172. The summed E-state index contributed by atoms with van der Waals surface area (Å²) in [7, 11) is -0.527. The van der Waals surface area contributed by atoms with E-state index >= 15 is 0 Å². The third-order valence-electron chi connectivity index (χ3n) is 23.0. The molecule has 0 aliphatic carbocycles. The van der Waals surface area contributed by atoms with Gasteiger partial charge in [-0.3, -0.25) is 33.0 Å². The molecule has 1 fully saturated rings. The molecule has 0 spiro atoms. The number of rotatable bonds is 10. The average Bonchev–Trinajstić information content (AvgIpc) is 1.66. The van der Waals surface area contributed by atoms with E-state index in [1.165, 1.54) is 123 Å². The number of imidazole rings is 3. The van der Waals surface area contributed by atoms with Gasteiger partial charge in [-0.15, -0.1) is 0 Å². The van der Waals surface area contributed by atoms with Gasteiger partial charge >= 0.3 is 7.12 Å². The normalized spacial score (nSPS) is 15.1. The van der Waals surface area contributed by atoms with Crippen molar-refractivity contribution in [2.45, 2.75) is 169 Å². The van der Waals surface area contributed by atoms with Crippen molar-refractivity contribution < 1.29 is 40.8 Å². The van der Waals surface area contributed by atoms with Gasteiger partial charge in [-0.25, -0.2) is 50.5 Å². The average molecular weight is 1770 g/mol. The highest BCUT2D eigenvalue weighted by molar-refractivity contribution is 9.10. The van der Waals surface area contributed by atoms with E-state index in [0.717, 1.165) is 186 Å². The summed E-state index contributed by atoms with van der Waals surface area (Å²) in [5.74, 6) is -0.159. The molecule has 1 saturated heterocycles. The summed E-state index contributed by atoms with van der Waals surface area (Å²) < 4.78 is 93.5. The molecule has 6 aliphatic rings. The van der Waals surface area contributed by atoms with Gasteiger partial charge < -0.3 is 31.0 Å². The largest absolute Gasteiger partial charge is 0.516 e. The number of amides is 2. The number of aryl methyl sites for hydroxylation is 5. The monoisotopic (exact) mass is 1770 g/mol. The topological polar surface area (TPSA) is 294 Å². The van der Waals surface area contributed by atoms with Gasteiger partial charge in [0.2, 0.25) is 11.8 Å². The van der Waals surface area contributed by atoms with Crippen molar-refractivity contribution in [3.63, 3.8) is 0 Å². The lowest BCUT2D eigenvalue weighted by Crippen LogP contribution is -2.41. The summed E-state index contributed by atoms with van der Waals surface area (Å²) in [4.78, 5) is 35.3. The van der Waals surface area contributed by atoms with E-state index < -0.39 is 18.3 Å². The quantitative estimate of drug-likeness (QED) is 0.0731. The number of benzene rings is 5. The number of nitrogens with one attached hydrogen (secondary N) is 3. The zero-order valence-electron chi connectivity index (χ0n) is 70.4. The van der Waals surface area contributed by atoms with E-state index in [2.05, 4.69) is 93.4 Å². The Morgan fingerprint density at radius 1 is 0.413 bits per heavy atom. The van der Waals surface area contributed by atoms with Crippen LogP contribution in [0.15, 0.2) is 193 Å². The van der Waals surface area contributed by atoms with Crippen molar-refractivity contribution in [3.8, 4) is 78.8 Å². The van der Waals surface area contributed by atoms with Crippen LogP contribution in [-0.4, -0.2) is 129 Å². The van der Waals surface area contributed by atoms with Crippen molar-refractivity contribution in [1.82, 2.24) is 98.0 Å². The maximum Gasteiger partial charge on any atom is 0.516 e. The molecule has 0 radical (unpaired) electrons. The number of hydrogen-bond donors (Lipinski definition) is 4. The zero-order valence-corrected chi connectivity index (χ0v) is 72.0. The van der Waals surface area contributed by atoms with E-state index in [4.69, 9.17) is 35.4 Å². The predicted molar refractivity (Wildman–Crippen MR) is 475 cm³/mol. The van der Waals surface area contributed by atoms with Crippen molar-refractivity contribution in [2.75, 3.05) is 22.9 Å². The molecule has 0 unspecified atom stereocenters. The molecular formula is C92H92BBrF5N23O4. The fraction of sp³-hybridized carbons (Fsp3) is 0.293. The van der Waals surface area contributed by atoms with E-state index in [0.29, 0.717) is 40.0 Å². The zero-order chi connectivity index (χ0) is 87.5. The van der Waals surface area contributed by atoms with Crippen LogP contribution in [-0.2, 0) is 83.8 Å². The summed E-state index contributed by atoms with van der Waals surface area (Å²) in [5.41, 5.74) is 26.3. The molecule has 11 aromatic heterocycles. The van der Waals surface area contributed by atoms with Gasteiger partial charge in [-0.05, 0) is 291 Å². The Kier molecular flexibility index (Phi) is 24.7. The van der Waals surface area contributed by atoms with Crippen molar-refractivity contribution in [2.24, 2.45) is 0 Å². The number of hydrogen-bond acceptors (Lipinski definition) is 17. The van der Waals surface area contributed by atoms with Crippen LogP contribution in [0, 0.1) is 29.1 Å². The number of anilines is 3. The predicted octanol–water partition coefficient (Wildman–Crippen LogP) is 16.6. The summed E-state index contributed by atoms with van der Waals surface area (Å²) in [6.07, 6.45) is 18.4. The van der Waals surface area contributed by atoms with Crippen molar-refractivity contribution >= 4 is 74.9 Å². The van der Waals surface area contributed by atoms with Crippen LogP contribution >= 0.6 is 15.9 Å². The number of carbonyl (C=O) groups is 2. The SMILES string of the molecule is CC(=O)Nc1cn2nc(-c3c(-c4ccc(F)cc4)nn4c3CCCC4)ccc2n1.CC(=O)Nc1cn2nc(B3OC(C)(C)C(C)(C)O3)ccc2n1.Fc1ccc(-c2cc3n(n2)CCCC3)cc1.Fc1ccc(-c2cc3n(n2)CCNC3)cc1.Fc1ccc(-c2nn3c(c2Br)CCCC3)cc1.Nc1cn2nc(-c3c(-c4ccc(F)cc4)nn4c3CCCC4)ccc2n1. The smallest absolute Gasteiger partial charge is 0.398 e. The maximum atomic E-state index is 13.4. The van der Waals surface area contributed by atoms with Crippen LogP contribution < -0.4 is 27.3 Å². The molecule has 126 heavy (non-hydrogen) atoms. The summed E-state index contributed by atoms with van der Waals surface area (Å²) in [6.45, 7) is 17.3. The number of nitrogen functional groups attached to an aromatic ring is 1. The van der Waals surface area contributed by atoms with Crippen LogP contribution in [0.5, 0.6) is 0 Å². The molecule has 6 aliphatic heterocycles. The third-order valence-corrected chi connectivity index (χ3v) is 23.9. The standard InChI is InChI=1S/C21H19FN6O.C19H17FN6.C14H19BN4O3.C13H12BrFN2.C13H13FN2.C12H12FN3/c1-13(29)23-18-12-28-19(24-18)10-9-16(25-28)20-17-4-2-3-11-27(17)26-21(20)14-5-7-15(22)8-6-14;20-13-6-4-12(5-7-13)19-18(15-3-1-2-10-25(15)24-19)14-8-9-17-22-16(21)11-26(17)23-14;1-9(20)16-11-8-19-12(17-11)7-6-10(18-19)15-21-13(2,3)14(4,5)22-15;14-12-11-3-1-2-8-17(11)16-13(12)9-4-6-10(15)7-5-9;14-11-6-4-10(5-7-11)13-9-12-3-1-2-8-16(12)15-13;13-10-3-1-9(2-4-10)12-7-11-8-14-5-6-16(11)15-12/h5-10,12H,2-4,11H2,1H3,(H,23,29);4-9,11H,1-3,10,21H2;6-8H,1-5H3,(H,16,20);4-7H,1-3,8H2;4-7,9H,1-3,8H2;1-4,7,14H,5-6,8H2. The molecule has 644 valence electrons. The van der Waals surface area contributed by atoms with Crippen LogP contribution in [0.2, 0.25) is 0 Å². The highest BCUT2D eigenvalue weighted by Crippen LogP contribution is 2.41. The minimum Gasteiger partial charge on any atom is -0.398 e. The van der Waals surface area contributed by atoms with Crippen LogP contribution in [0.25, 0.3) is 95.7 Å². The Hall–Kier alpha value is -13.2. The van der Waals surface area contributed by atoms with Crippen LogP contribution in [0.4, 0.5) is 39.4 Å². The molecule has 0 atom stereocenters. The molecule has 22 rings (SSSR count). The Bertz CT molecular complexity index is 6470. The van der Waals surface area contributed by atoms with E-state index in [1.54, 1.807) is 92.8 Å². The minimum atomic E-state index is -0.527. The number of fused-ring (bicyclic) bond motifs is 8. The molecule has 5 N–H and O–H groups in total. The number of halogens is 6. The van der Waals surface area contributed by atoms with Crippen molar-refractivity contribution in [3.05, 3.63) is 250 Å². The number of nitrogens with two attached hydrogens (primary N) is 1. The number of aromatic nitrogens is 19. The molecule has 17 heterocycles. The Morgan fingerprint density at radius 2 is 0.794 bits per heavy atom. The summed E-state index contributed by atoms with van der Waals surface area (Å²) >= 11 is 3.62. The highest BCUT2D eigenvalue weighted by Gasteiger charge is 2.52. The Balaban J connectivity index is 0.000000108. The molecule has 16 aromatic rings. The second kappa shape index (κ2) is 36.6. The summed E-state index contributed by atoms with van der Waals surface area (Å²) in [6, 6.07) is 47.8. The lowest BCUT2D eigenvalue weighted by Gasteiger charge is -2.32. The number of nitrogens with zero attached hydrogens (tertiary/aromatic N) is 19. The van der Waals surface area contributed by atoms with Gasteiger partial charge in [0.15, 0.2) is 28.6 Å². The molecule has 27 nitrogen and oxygen atoms in total. The van der Waals surface area contributed by atoms with Crippen molar-refractivity contribution in [1.29, 1.82) is 0 Å². The van der Waals surface area contributed by atoms with E-state index in [1.807, 2.05) is 73.5 Å². The lowest BCUT2D eigenvalue weighted by atomic mass is 9.85. The van der Waals surface area contributed by atoms with Gasteiger partial charge in [0, 0.05) is 98.0 Å². The fourth-order valence-corrected chi connectivity index (χ4v) is 16.7. The molecule has 34 heteroatoms. The first kappa shape index (κ1) is 85.0. The maximum absolute atomic E-state index is 13.4. The lowest BCUT2D eigenvalue weighted by molar-refractivity contribution is -0.115. The third kappa shape index (κ3) is 18.9. The van der Waals surface area contributed by atoms with Gasteiger partial charge in [-0.1, -0.05) is 0 Å². The van der Waals surface area contributed by atoms with Crippen LogP contribution in [0.1, 0.15) is 121 Å². The van der Waals surface area contributed by atoms with Gasteiger partial charge in [-0.2, -0.15) is 40.8 Å². The summed E-state index contributed by atoms with van der Waals surface area (Å²) in [5, 5.41) is 45.8. The first-order chi connectivity index (χ1) is 60.9. The van der Waals surface area contributed by atoms with Gasteiger partial charge in [0.1, 0.15) is 52.0 Å². The second-order valence-corrected chi connectivity index (χ2v) is 33.4. The number of carbonyl (C=O) groups excluding carboxylic acids is 2. The van der Waals surface area contributed by atoms with E-state index in [-0.39, 0.29) is 40.9 Å². The Morgan fingerprint density at radius 3 is 1.25 bits per heavy atom. The second-order valence-electron chi connectivity index (χ2n) is 32.6. The van der Waals surface area contributed by atoms with E-state index in [9.17, 15) is 31.5 Å². The van der Waals surface area contributed by atoms with Gasteiger partial charge in [0.25, 0.3) is 0 Å². The van der Waals surface area contributed by atoms with Crippen LogP contribution in [0.3, 0.4) is 0 Å². The first-order valence-electron chi connectivity index (χ1n) is 42.2. The first-order valence-corrected chi connectivity index (χ1v) is 43.0. The molecule has 0 saturated carbocycles. The molecular weight excluding hydrogens is 1680 g/mol. The van der Waals surface area contributed by atoms with Gasteiger partial charge in [0.05, 0.1) is 91.7 Å². The Labute approximate surface area is 730 Å². The fourth-order valence-electron chi connectivity index (χ4n) is 16.0.